The van der Waals surface area contributed by atoms with Crippen molar-refractivity contribution in [3.05, 3.63) is 65.2 Å². The molecule has 1 amide bonds. The fourth-order valence-corrected chi connectivity index (χ4v) is 1.38. The number of amides is 1. The van der Waals surface area contributed by atoms with Crippen molar-refractivity contribution in [2.75, 3.05) is 5.32 Å². The van der Waals surface area contributed by atoms with Crippen molar-refractivity contribution in [2.24, 2.45) is 0 Å². The largest absolute Gasteiger partial charge is 0.322 e. The van der Waals surface area contributed by atoms with Crippen LogP contribution < -0.4 is 5.32 Å². The van der Waals surface area contributed by atoms with Gasteiger partial charge in [-0.3, -0.25) is 4.79 Å². The molecule has 1 radical (unpaired) electrons. The zero-order chi connectivity index (χ0) is 11.4. The molecular formula is C13H9ClNO. The first-order chi connectivity index (χ1) is 7.75. The number of halogens is 1. The summed E-state index contributed by atoms with van der Waals surface area (Å²) < 4.78 is 0. The summed E-state index contributed by atoms with van der Waals surface area (Å²) in [5.41, 5.74) is 1.23. The SMILES string of the molecule is O=C(Nc1ccccc1)c1[c]cc(Cl)cc1. The number of carbonyl (C=O) groups excluding carboxylic acids is 1. The molecule has 0 saturated carbocycles. The summed E-state index contributed by atoms with van der Waals surface area (Å²) in [4.78, 5) is 11.7. The number of para-hydroxylation sites is 1. The smallest absolute Gasteiger partial charge is 0.256 e. The third-order valence-corrected chi connectivity index (χ3v) is 2.29. The van der Waals surface area contributed by atoms with Gasteiger partial charge in [-0.05, 0) is 36.4 Å². The number of anilines is 1. The summed E-state index contributed by atoms with van der Waals surface area (Å²) in [6.45, 7) is 0. The van der Waals surface area contributed by atoms with E-state index in [1.807, 2.05) is 30.3 Å². The number of carbonyl (C=O) groups is 1. The first-order valence-electron chi connectivity index (χ1n) is 4.79. The molecule has 0 unspecified atom stereocenters. The average molecular weight is 231 g/mol. The van der Waals surface area contributed by atoms with Crippen LogP contribution in [0.5, 0.6) is 0 Å². The second-order valence-corrected chi connectivity index (χ2v) is 3.68. The Morgan fingerprint density at radius 3 is 2.50 bits per heavy atom. The van der Waals surface area contributed by atoms with Crippen LogP contribution in [0, 0.1) is 6.07 Å². The van der Waals surface area contributed by atoms with E-state index in [-0.39, 0.29) is 5.91 Å². The minimum atomic E-state index is -0.192. The van der Waals surface area contributed by atoms with Gasteiger partial charge in [0, 0.05) is 16.3 Å². The van der Waals surface area contributed by atoms with E-state index in [9.17, 15) is 4.79 Å². The lowest BCUT2D eigenvalue weighted by Crippen LogP contribution is -2.11. The number of hydrogen-bond acceptors (Lipinski definition) is 1. The fourth-order valence-electron chi connectivity index (χ4n) is 1.27. The van der Waals surface area contributed by atoms with Gasteiger partial charge in [-0.1, -0.05) is 29.8 Å². The quantitative estimate of drug-likeness (QED) is 0.842. The van der Waals surface area contributed by atoms with Crippen molar-refractivity contribution in [3.8, 4) is 0 Å². The molecule has 16 heavy (non-hydrogen) atoms. The molecule has 0 aliphatic heterocycles. The van der Waals surface area contributed by atoms with Crippen LogP contribution in [0.15, 0.2) is 48.5 Å². The lowest BCUT2D eigenvalue weighted by Gasteiger charge is -2.04. The lowest BCUT2D eigenvalue weighted by atomic mass is 10.2. The van der Waals surface area contributed by atoms with Crippen molar-refractivity contribution < 1.29 is 4.79 Å². The van der Waals surface area contributed by atoms with E-state index >= 15 is 0 Å². The van der Waals surface area contributed by atoms with Crippen molar-refractivity contribution >= 4 is 23.2 Å². The van der Waals surface area contributed by atoms with E-state index < -0.39 is 0 Å². The van der Waals surface area contributed by atoms with Gasteiger partial charge >= 0.3 is 0 Å². The van der Waals surface area contributed by atoms with Crippen LogP contribution in [0.25, 0.3) is 0 Å². The zero-order valence-corrected chi connectivity index (χ0v) is 9.16. The molecular weight excluding hydrogens is 222 g/mol. The Labute approximate surface area is 98.9 Å². The van der Waals surface area contributed by atoms with Crippen LogP contribution in [-0.2, 0) is 0 Å². The molecule has 0 aliphatic rings. The Hall–Kier alpha value is -1.80. The number of hydrogen-bond donors (Lipinski definition) is 1. The molecule has 0 bridgehead atoms. The summed E-state index contributed by atoms with van der Waals surface area (Å²) in [6, 6.07) is 17.0. The van der Waals surface area contributed by atoms with Gasteiger partial charge in [0.15, 0.2) is 0 Å². The molecule has 0 spiro atoms. The maximum Gasteiger partial charge on any atom is 0.256 e. The van der Waals surface area contributed by atoms with Gasteiger partial charge in [-0.25, -0.2) is 0 Å². The predicted octanol–water partition coefficient (Wildman–Crippen LogP) is 3.39. The molecule has 2 aromatic carbocycles. The number of nitrogens with one attached hydrogen (secondary N) is 1. The molecule has 79 valence electrons. The molecule has 0 atom stereocenters. The van der Waals surface area contributed by atoms with Crippen LogP contribution in [0.3, 0.4) is 0 Å². The molecule has 3 heteroatoms. The molecule has 2 nitrogen and oxygen atoms in total. The zero-order valence-electron chi connectivity index (χ0n) is 8.41. The summed E-state index contributed by atoms with van der Waals surface area (Å²) in [5, 5.41) is 3.33. The second-order valence-electron chi connectivity index (χ2n) is 3.24. The van der Waals surface area contributed by atoms with Crippen molar-refractivity contribution in [1.29, 1.82) is 0 Å². The molecule has 0 aliphatic carbocycles. The summed E-state index contributed by atoms with van der Waals surface area (Å²) in [7, 11) is 0. The van der Waals surface area contributed by atoms with Crippen LogP contribution in [0.4, 0.5) is 5.69 Å². The predicted molar refractivity (Wildman–Crippen MR) is 64.7 cm³/mol. The summed E-state index contributed by atoms with van der Waals surface area (Å²) in [5.74, 6) is -0.192. The van der Waals surface area contributed by atoms with E-state index in [0.717, 1.165) is 5.69 Å². The maximum atomic E-state index is 11.7. The Morgan fingerprint density at radius 1 is 1.12 bits per heavy atom. The van der Waals surface area contributed by atoms with Gasteiger partial charge in [-0.2, -0.15) is 0 Å². The highest BCUT2D eigenvalue weighted by Crippen LogP contribution is 2.11. The first-order valence-corrected chi connectivity index (χ1v) is 5.17. The second kappa shape index (κ2) is 4.81. The van der Waals surface area contributed by atoms with Crippen molar-refractivity contribution in [3.63, 3.8) is 0 Å². The van der Waals surface area contributed by atoms with E-state index in [1.165, 1.54) is 0 Å². The number of benzene rings is 2. The highest BCUT2D eigenvalue weighted by Gasteiger charge is 2.05. The minimum Gasteiger partial charge on any atom is -0.322 e. The Morgan fingerprint density at radius 2 is 1.88 bits per heavy atom. The number of rotatable bonds is 2. The maximum absolute atomic E-state index is 11.7. The van der Waals surface area contributed by atoms with Gasteiger partial charge in [0.2, 0.25) is 0 Å². The van der Waals surface area contributed by atoms with Gasteiger partial charge in [0.25, 0.3) is 5.91 Å². The van der Waals surface area contributed by atoms with E-state index in [1.54, 1.807) is 18.2 Å². The lowest BCUT2D eigenvalue weighted by molar-refractivity contribution is 0.102. The fraction of sp³-hybridized carbons (Fsp3) is 0. The highest BCUT2D eigenvalue weighted by molar-refractivity contribution is 6.30. The van der Waals surface area contributed by atoms with Crippen LogP contribution in [-0.4, -0.2) is 5.91 Å². The van der Waals surface area contributed by atoms with Gasteiger partial charge in [0.05, 0.1) is 0 Å². The Kier molecular flexibility index (Phi) is 3.22. The Balaban J connectivity index is 2.12. The molecule has 0 aromatic heterocycles. The van der Waals surface area contributed by atoms with E-state index in [2.05, 4.69) is 11.4 Å². The van der Waals surface area contributed by atoms with Crippen molar-refractivity contribution in [2.45, 2.75) is 0 Å². The third-order valence-electron chi connectivity index (χ3n) is 2.05. The summed E-state index contributed by atoms with van der Waals surface area (Å²) in [6.07, 6.45) is 0. The van der Waals surface area contributed by atoms with E-state index in [0.29, 0.717) is 10.6 Å². The van der Waals surface area contributed by atoms with Gasteiger partial charge in [-0.15, -0.1) is 0 Å². The highest BCUT2D eigenvalue weighted by atomic mass is 35.5. The first kappa shape index (κ1) is 10.7. The molecule has 1 N–H and O–H groups in total. The normalized spacial score (nSPS) is 9.81. The van der Waals surface area contributed by atoms with Crippen LogP contribution in [0.1, 0.15) is 10.4 Å². The molecule has 0 fully saturated rings. The van der Waals surface area contributed by atoms with Gasteiger partial charge < -0.3 is 5.32 Å². The van der Waals surface area contributed by atoms with E-state index in [4.69, 9.17) is 11.6 Å². The average Bonchev–Trinajstić information content (AvgIpc) is 2.31. The topological polar surface area (TPSA) is 29.1 Å². The molecule has 0 saturated heterocycles. The van der Waals surface area contributed by atoms with Crippen LogP contribution >= 0.6 is 11.6 Å². The molecule has 2 aromatic rings. The standard InChI is InChI=1S/C13H9ClNO/c14-11-8-6-10(7-9-11)13(16)15-12-4-2-1-3-5-12/h1-6,8-9H,(H,15,16). The summed E-state index contributed by atoms with van der Waals surface area (Å²) >= 11 is 5.71. The third kappa shape index (κ3) is 2.61. The molecule has 2 rings (SSSR count). The monoisotopic (exact) mass is 230 g/mol. The van der Waals surface area contributed by atoms with Crippen LogP contribution in [0.2, 0.25) is 5.02 Å². The van der Waals surface area contributed by atoms with Gasteiger partial charge in [0.1, 0.15) is 0 Å². The van der Waals surface area contributed by atoms with Crippen molar-refractivity contribution in [1.82, 2.24) is 0 Å². The minimum absolute atomic E-state index is 0.192. The Bertz CT molecular complexity index is 479. The molecule has 0 heterocycles.